The van der Waals surface area contributed by atoms with Gasteiger partial charge in [0.05, 0.1) is 4.90 Å². The van der Waals surface area contributed by atoms with Crippen molar-refractivity contribution in [3.63, 3.8) is 0 Å². The lowest BCUT2D eigenvalue weighted by Crippen LogP contribution is -2.25. The van der Waals surface area contributed by atoms with Gasteiger partial charge in [0.25, 0.3) is 0 Å². The number of hydrogen-bond donors (Lipinski definition) is 0. The van der Waals surface area contributed by atoms with Gasteiger partial charge in [0.15, 0.2) is 0 Å². The molecule has 134 valence electrons. The van der Waals surface area contributed by atoms with E-state index in [0.29, 0.717) is 5.56 Å². The topological polar surface area (TPSA) is 51.2 Å². The molecule has 0 radical (unpaired) electrons. The van der Waals surface area contributed by atoms with Gasteiger partial charge in [-0.15, -0.1) is 0 Å². The lowest BCUT2D eigenvalue weighted by molar-refractivity contribution is 0.107. The first-order valence-corrected chi connectivity index (χ1v) is 11.6. The van der Waals surface area contributed by atoms with Crippen molar-refractivity contribution in [1.29, 1.82) is 0 Å². The molecule has 0 spiro atoms. The Morgan fingerprint density at radius 2 is 1.46 bits per heavy atom. The van der Waals surface area contributed by atoms with Crippen molar-refractivity contribution >= 4 is 41.1 Å². The summed E-state index contributed by atoms with van der Waals surface area (Å²) >= 11 is 0. The van der Waals surface area contributed by atoms with Crippen LogP contribution in [-0.4, -0.2) is 30.9 Å². The highest BCUT2D eigenvalue weighted by molar-refractivity contribution is 8.32. The number of hydrogen-bond acceptors (Lipinski definition) is 3. The molecule has 5 heteroatoms. The second kappa shape index (κ2) is 7.17. The van der Waals surface area contributed by atoms with Crippen LogP contribution in [0.5, 0.6) is 0 Å². The molecule has 0 N–H and O–H groups in total. The normalized spacial score (nSPS) is 11.7. The second-order valence-electron chi connectivity index (χ2n) is 6.31. The average molecular weight is 385 g/mol. The summed E-state index contributed by atoms with van der Waals surface area (Å²) < 4.78 is 26.2. The fourth-order valence-corrected chi connectivity index (χ4v) is 6.40. The minimum Gasteiger partial charge on any atom is -0.287 e. The van der Waals surface area contributed by atoms with Gasteiger partial charge in [0.2, 0.25) is 15.6 Å². The zero-order valence-corrected chi connectivity index (χ0v) is 16.5. The van der Waals surface area contributed by atoms with Crippen molar-refractivity contribution in [2.24, 2.45) is 0 Å². The van der Waals surface area contributed by atoms with Gasteiger partial charge in [-0.3, -0.25) is 4.79 Å². The molecule has 0 fully saturated rings. The summed E-state index contributed by atoms with van der Waals surface area (Å²) in [6, 6.07) is 19.6. The number of rotatable bonds is 3. The Kier molecular flexibility index (Phi) is 5.12. The Hall–Kier alpha value is -2.24. The van der Waals surface area contributed by atoms with Crippen molar-refractivity contribution in [3.8, 4) is 0 Å². The molecule has 0 aliphatic heterocycles. The summed E-state index contributed by atoms with van der Waals surface area (Å²) in [4.78, 5) is 13.3. The van der Waals surface area contributed by atoms with Gasteiger partial charge < -0.3 is 0 Å². The third kappa shape index (κ3) is 3.50. The minimum atomic E-state index is -3.84. The zero-order chi connectivity index (χ0) is 18.9. The molecule has 3 aromatic rings. The fourth-order valence-electron chi connectivity index (χ4n) is 2.80. The number of carbonyl (C=O) groups excluding carboxylic acids is 1. The summed E-state index contributed by atoms with van der Waals surface area (Å²) in [5, 5.41) is 1.93. The van der Waals surface area contributed by atoms with Gasteiger partial charge in [-0.25, -0.2) is 8.42 Å². The van der Waals surface area contributed by atoms with E-state index in [4.69, 9.17) is 0 Å². The molecule has 3 aromatic carbocycles. The van der Waals surface area contributed by atoms with Crippen LogP contribution in [0.4, 0.5) is 0 Å². The summed E-state index contributed by atoms with van der Waals surface area (Å²) in [7, 11) is -4.55. The molecule has 0 aliphatic carbocycles. The predicted octanol–water partition coefficient (Wildman–Crippen LogP) is 4.46. The summed E-state index contributed by atoms with van der Waals surface area (Å²) in [5.41, 5.74) is 1.37. The van der Waals surface area contributed by atoms with Crippen molar-refractivity contribution in [2.45, 2.75) is 11.8 Å². The van der Waals surface area contributed by atoms with E-state index in [1.807, 2.05) is 37.3 Å². The summed E-state index contributed by atoms with van der Waals surface area (Å²) in [6.07, 6.45) is 3.53. The highest BCUT2D eigenvalue weighted by Crippen LogP contribution is 2.24. The van der Waals surface area contributed by atoms with E-state index in [-0.39, 0.29) is 9.09 Å². The maximum absolute atomic E-state index is 13.1. The lowest BCUT2D eigenvalue weighted by Gasteiger charge is -2.12. The van der Waals surface area contributed by atoms with E-state index in [1.165, 1.54) is 0 Å². The molecule has 0 bridgehead atoms. The van der Waals surface area contributed by atoms with Crippen molar-refractivity contribution in [2.75, 3.05) is 12.5 Å². The number of carbonyl (C=O) groups is 1. The molecule has 0 saturated carbocycles. The molecule has 0 heterocycles. The molecule has 26 heavy (non-hydrogen) atoms. The number of ketones is 1. The lowest BCUT2D eigenvalue weighted by atomic mass is 10.1. The maximum atomic E-state index is 13.1. The highest BCUT2D eigenvalue weighted by Gasteiger charge is 2.29. The molecular formula is C21H20O3S2. The third-order valence-corrected chi connectivity index (χ3v) is 8.29. The van der Waals surface area contributed by atoms with E-state index >= 15 is 0 Å². The molecule has 0 unspecified atom stereocenters. The van der Waals surface area contributed by atoms with Crippen LogP contribution in [0.25, 0.3) is 10.8 Å². The van der Waals surface area contributed by atoms with Gasteiger partial charge in [-0.05, 0) is 48.4 Å². The van der Waals surface area contributed by atoms with E-state index < -0.39 is 26.1 Å². The predicted molar refractivity (Wildman–Crippen MR) is 111 cm³/mol. The van der Waals surface area contributed by atoms with Crippen LogP contribution in [0.15, 0.2) is 71.6 Å². The smallest absolute Gasteiger partial charge is 0.215 e. The fraction of sp³-hybridized carbons (Fsp3) is 0.143. The van der Waals surface area contributed by atoms with Crippen molar-refractivity contribution in [1.82, 2.24) is 0 Å². The van der Waals surface area contributed by atoms with Gasteiger partial charge in [0, 0.05) is 5.56 Å². The summed E-state index contributed by atoms with van der Waals surface area (Å²) in [5.74, 6) is -0.426. The first-order valence-electron chi connectivity index (χ1n) is 8.10. The van der Waals surface area contributed by atoms with Crippen LogP contribution in [0.1, 0.15) is 15.9 Å². The third-order valence-electron chi connectivity index (χ3n) is 4.14. The minimum absolute atomic E-state index is 0.0448. The van der Waals surface area contributed by atoms with E-state index in [9.17, 15) is 13.2 Å². The van der Waals surface area contributed by atoms with Crippen LogP contribution >= 0.6 is 10.5 Å². The maximum Gasteiger partial charge on any atom is 0.215 e. The summed E-state index contributed by atoms with van der Waals surface area (Å²) in [6.45, 7) is 1.89. The monoisotopic (exact) mass is 384 g/mol. The molecular weight excluding hydrogens is 364 g/mol. The number of aryl methyl sites for hydroxylation is 1. The van der Waals surface area contributed by atoms with Crippen LogP contribution in [-0.2, 0) is 9.84 Å². The van der Waals surface area contributed by atoms with Gasteiger partial charge >= 0.3 is 0 Å². The number of sulfone groups is 1. The molecule has 0 aliphatic rings. The highest BCUT2D eigenvalue weighted by atomic mass is 32.2. The van der Waals surface area contributed by atoms with Gasteiger partial charge in [-0.1, -0.05) is 54.1 Å². The Bertz CT molecular complexity index is 1120. The number of fused-ring (bicyclic) bond motifs is 1. The second-order valence-corrected chi connectivity index (χ2v) is 10.5. The SMILES string of the molecule is Cc1ccc(S(=O)(=O)C(C(=O)c2ccc3ccccc3c2)=S(C)C)cc1. The van der Waals surface area contributed by atoms with Gasteiger partial charge in [0.1, 0.15) is 4.20 Å². The zero-order valence-electron chi connectivity index (χ0n) is 14.9. The number of benzene rings is 3. The molecule has 0 amide bonds. The van der Waals surface area contributed by atoms with Crippen molar-refractivity contribution in [3.05, 3.63) is 77.9 Å². The molecule has 3 nitrogen and oxygen atoms in total. The Morgan fingerprint density at radius 3 is 2.08 bits per heavy atom. The molecule has 3 rings (SSSR count). The first-order chi connectivity index (χ1) is 12.3. The molecule has 0 saturated heterocycles. The molecule has 0 aromatic heterocycles. The Morgan fingerprint density at radius 1 is 0.846 bits per heavy atom. The van der Waals surface area contributed by atoms with E-state index in [0.717, 1.165) is 16.3 Å². The van der Waals surface area contributed by atoms with Crippen molar-refractivity contribution < 1.29 is 13.2 Å². The van der Waals surface area contributed by atoms with Gasteiger partial charge in [-0.2, -0.15) is 10.5 Å². The Balaban J connectivity index is 2.11. The quantitative estimate of drug-likeness (QED) is 0.495. The standard InChI is InChI=1S/C21H20O3S2/c1-15-8-12-19(13-9-15)26(23,24)21(25(2)3)20(22)18-11-10-16-6-4-5-7-17(16)14-18/h4-14H,1-3H3. The Labute approximate surface area is 156 Å². The van der Waals surface area contributed by atoms with Crippen LogP contribution in [0.2, 0.25) is 0 Å². The van der Waals surface area contributed by atoms with Crippen LogP contribution < -0.4 is 0 Å². The number of Topliss-reactive ketones (excluding diaryl/α,β-unsaturated/α-hetero) is 1. The first kappa shape index (κ1) is 18.5. The molecule has 0 atom stereocenters. The van der Waals surface area contributed by atoms with Crippen LogP contribution in [0, 0.1) is 6.92 Å². The van der Waals surface area contributed by atoms with E-state index in [1.54, 1.807) is 48.9 Å². The average Bonchev–Trinajstić information content (AvgIpc) is 2.61. The van der Waals surface area contributed by atoms with Crippen LogP contribution in [0.3, 0.4) is 0 Å². The van der Waals surface area contributed by atoms with E-state index in [2.05, 4.69) is 0 Å². The largest absolute Gasteiger partial charge is 0.287 e.